The summed E-state index contributed by atoms with van der Waals surface area (Å²) in [5, 5.41) is 0.712. The fraction of sp³-hybridized carbons (Fsp3) is 0.208. The topological polar surface area (TPSA) is 46.1 Å². The molecule has 0 saturated heterocycles. The van der Waals surface area contributed by atoms with Crippen molar-refractivity contribution >= 4 is 44.4 Å². The summed E-state index contributed by atoms with van der Waals surface area (Å²) in [4.78, 5) is 24.9. The van der Waals surface area contributed by atoms with Gasteiger partial charge in [0.15, 0.2) is 5.13 Å². The van der Waals surface area contributed by atoms with E-state index in [0.29, 0.717) is 18.1 Å². The molecule has 0 aliphatic rings. The van der Waals surface area contributed by atoms with Crippen LogP contribution >= 0.6 is 23.1 Å². The number of hydrogen-bond donors (Lipinski definition) is 0. The maximum absolute atomic E-state index is 13.2. The molecule has 0 atom stereocenters. The van der Waals surface area contributed by atoms with Crippen LogP contribution in [0.4, 0.5) is 9.52 Å². The molecule has 0 N–H and O–H groups in total. The SMILES string of the molecule is Cc1cccc2sc(N(Cc3cccnc3)C(=O)CCCSc3ccc(F)cc3)nc12. The van der Waals surface area contributed by atoms with Crippen LogP contribution in [0.2, 0.25) is 0 Å². The van der Waals surface area contributed by atoms with E-state index < -0.39 is 0 Å². The van der Waals surface area contributed by atoms with Crippen LogP contribution in [0, 0.1) is 12.7 Å². The molecule has 0 spiro atoms. The predicted octanol–water partition coefficient (Wildman–Crippen LogP) is 6.24. The number of amides is 1. The van der Waals surface area contributed by atoms with Gasteiger partial charge in [-0.15, -0.1) is 11.8 Å². The van der Waals surface area contributed by atoms with Crippen molar-refractivity contribution in [1.82, 2.24) is 9.97 Å². The van der Waals surface area contributed by atoms with Crippen LogP contribution in [0.3, 0.4) is 0 Å². The van der Waals surface area contributed by atoms with Crippen LogP contribution in [-0.4, -0.2) is 21.6 Å². The van der Waals surface area contributed by atoms with E-state index in [1.807, 2.05) is 37.3 Å². The van der Waals surface area contributed by atoms with Gasteiger partial charge in [0, 0.05) is 23.7 Å². The smallest absolute Gasteiger partial charge is 0.229 e. The Morgan fingerprint density at radius 3 is 2.71 bits per heavy atom. The van der Waals surface area contributed by atoms with E-state index in [1.54, 1.807) is 41.2 Å². The van der Waals surface area contributed by atoms with Gasteiger partial charge >= 0.3 is 0 Å². The van der Waals surface area contributed by atoms with Gasteiger partial charge in [-0.1, -0.05) is 29.5 Å². The maximum atomic E-state index is 13.2. The molecule has 0 aliphatic heterocycles. The quantitative estimate of drug-likeness (QED) is 0.235. The first-order valence-corrected chi connectivity index (χ1v) is 11.8. The molecule has 4 rings (SSSR count). The Labute approximate surface area is 189 Å². The number of aryl methyl sites for hydroxylation is 1. The van der Waals surface area contributed by atoms with Crippen LogP contribution in [0.1, 0.15) is 24.0 Å². The van der Waals surface area contributed by atoms with Crippen molar-refractivity contribution in [2.75, 3.05) is 10.7 Å². The number of aromatic nitrogens is 2. The molecule has 0 bridgehead atoms. The highest BCUT2D eigenvalue weighted by Crippen LogP contribution is 2.32. The molecular formula is C24H22FN3OS2. The van der Waals surface area contributed by atoms with Gasteiger partial charge in [-0.05, 0) is 66.6 Å². The van der Waals surface area contributed by atoms with Gasteiger partial charge in [-0.2, -0.15) is 0 Å². The van der Waals surface area contributed by atoms with Crippen molar-refractivity contribution in [3.63, 3.8) is 0 Å². The first-order valence-electron chi connectivity index (χ1n) is 10.0. The highest BCUT2D eigenvalue weighted by atomic mass is 32.2. The minimum Gasteiger partial charge on any atom is -0.284 e. The zero-order valence-electron chi connectivity index (χ0n) is 17.1. The maximum Gasteiger partial charge on any atom is 0.229 e. The predicted molar refractivity (Wildman–Crippen MR) is 126 cm³/mol. The van der Waals surface area contributed by atoms with E-state index in [1.165, 1.54) is 23.5 Å². The molecule has 0 radical (unpaired) electrons. The number of thioether (sulfide) groups is 1. The van der Waals surface area contributed by atoms with Gasteiger partial charge in [0.05, 0.1) is 16.8 Å². The lowest BCUT2D eigenvalue weighted by atomic mass is 10.2. The Bertz CT molecular complexity index is 1160. The van der Waals surface area contributed by atoms with E-state index in [-0.39, 0.29) is 11.7 Å². The van der Waals surface area contributed by atoms with Gasteiger partial charge in [-0.3, -0.25) is 14.7 Å². The number of halogens is 1. The van der Waals surface area contributed by atoms with Gasteiger partial charge in [0.1, 0.15) is 5.82 Å². The van der Waals surface area contributed by atoms with E-state index in [2.05, 4.69) is 4.98 Å². The second kappa shape index (κ2) is 10.0. The number of thiazole rings is 1. The summed E-state index contributed by atoms with van der Waals surface area (Å²) in [5.41, 5.74) is 3.01. The molecule has 0 aliphatic carbocycles. The summed E-state index contributed by atoms with van der Waals surface area (Å²) >= 11 is 3.17. The third kappa shape index (κ3) is 5.48. The van der Waals surface area contributed by atoms with Crippen LogP contribution in [0.15, 0.2) is 71.9 Å². The number of nitrogens with zero attached hydrogens (tertiary/aromatic N) is 3. The molecule has 0 unspecified atom stereocenters. The molecular weight excluding hydrogens is 429 g/mol. The third-order valence-corrected chi connectivity index (χ3v) is 6.96. The van der Waals surface area contributed by atoms with Gasteiger partial charge < -0.3 is 0 Å². The fourth-order valence-corrected chi connectivity index (χ4v) is 5.12. The molecule has 4 nitrogen and oxygen atoms in total. The molecule has 2 aromatic carbocycles. The minimum absolute atomic E-state index is 0.0419. The Hall–Kier alpha value is -2.77. The van der Waals surface area contributed by atoms with Crippen molar-refractivity contribution in [3.05, 3.63) is 83.9 Å². The van der Waals surface area contributed by atoms with Crippen molar-refractivity contribution < 1.29 is 9.18 Å². The molecule has 1 amide bonds. The van der Waals surface area contributed by atoms with Gasteiger partial charge in [0.2, 0.25) is 5.91 Å². The molecule has 158 valence electrons. The number of rotatable bonds is 8. The van der Waals surface area contributed by atoms with E-state index in [4.69, 9.17) is 4.98 Å². The number of anilines is 1. The monoisotopic (exact) mass is 451 g/mol. The zero-order valence-corrected chi connectivity index (χ0v) is 18.8. The average Bonchev–Trinajstić information content (AvgIpc) is 3.22. The molecule has 31 heavy (non-hydrogen) atoms. The zero-order chi connectivity index (χ0) is 21.6. The number of carbonyl (C=O) groups excluding carboxylic acids is 1. The van der Waals surface area contributed by atoms with Crippen molar-refractivity contribution in [2.24, 2.45) is 0 Å². The van der Waals surface area contributed by atoms with Crippen LogP contribution in [0.5, 0.6) is 0 Å². The molecule has 2 heterocycles. The molecule has 4 aromatic rings. The number of para-hydroxylation sites is 1. The number of benzene rings is 2. The Kier molecular flexibility index (Phi) is 6.94. The molecule has 0 saturated carbocycles. The van der Waals surface area contributed by atoms with E-state index >= 15 is 0 Å². The summed E-state index contributed by atoms with van der Waals surface area (Å²) < 4.78 is 14.1. The number of pyridine rings is 1. The highest BCUT2D eigenvalue weighted by Gasteiger charge is 2.20. The van der Waals surface area contributed by atoms with Gasteiger partial charge in [-0.25, -0.2) is 9.37 Å². The van der Waals surface area contributed by atoms with Crippen LogP contribution < -0.4 is 4.90 Å². The Morgan fingerprint density at radius 1 is 1.13 bits per heavy atom. The van der Waals surface area contributed by atoms with Crippen molar-refractivity contribution in [3.8, 4) is 0 Å². The summed E-state index contributed by atoms with van der Waals surface area (Å²) in [5.74, 6) is 0.591. The number of hydrogen-bond acceptors (Lipinski definition) is 5. The summed E-state index contributed by atoms with van der Waals surface area (Å²) in [6.07, 6.45) is 4.66. The first kappa shape index (κ1) is 21.5. The van der Waals surface area contributed by atoms with Gasteiger partial charge in [0.25, 0.3) is 0 Å². The largest absolute Gasteiger partial charge is 0.284 e. The van der Waals surface area contributed by atoms with E-state index in [9.17, 15) is 9.18 Å². The van der Waals surface area contributed by atoms with Crippen LogP contribution in [0.25, 0.3) is 10.2 Å². The second-order valence-electron chi connectivity index (χ2n) is 7.17. The lowest BCUT2D eigenvalue weighted by Crippen LogP contribution is -2.30. The van der Waals surface area contributed by atoms with Crippen molar-refractivity contribution in [1.29, 1.82) is 0 Å². The summed E-state index contributed by atoms with van der Waals surface area (Å²) in [6.45, 7) is 2.47. The number of carbonyl (C=O) groups is 1. The minimum atomic E-state index is -0.239. The molecule has 2 aromatic heterocycles. The lowest BCUT2D eigenvalue weighted by molar-refractivity contribution is -0.118. The molecule has 0 fully saturated rings. The number of fused-ring (bicyclic) bond motifs is 1. The van der Waals surface area contributed by atoms with Crippen LogP contribution in [-0.2, 0) is 11.3 Å². The van der Waals surface area contributed by atoms with Crippen molar-refractivity contribution in [2.45, 2.75) is 31.2 Å². The third-order valence-electron chi connectivity index (χ3n) is 4.82. The average molecular weight is 452 g/mol. The molecule has 7 heteroatoms. The Morgan fingerprint density at radius 2 is 1.97 bits per heavy atom. The highest BCUT2D eigenvalue weighted by molar-refractivity contribution is 7.99. The summed E-state index contributed by atoms with van der Waals surface area (Å²) in [6, 6.07) is 16.4. The van der Waals surface area contributed by atoms with E-state index in [0.717, 1.165) is 38.4 Å². The lowest BCUT2D eigenvalue weighted by Gasteiger charge is -2.20. The fourth-order valence-electron chi connectivity index (χ4n) is 3.21. The summed E-state index contributed by atoms with van der Waals surface area (Å²) in [7, 11) is 0. The first-order chi connectivity index (χ1) is 15.1. The Balaban J connectivity index is 1.47. The normalized spacial score (nSPS) is 11.0. The second-order valence-corrected chi connectivity index (χ2v) is 9.34. The standard InChI is InChI=1S/C24H22FN3OS2/c1-17-5-2-7-21-23(17)27-24(31-21)28(16-18-6-3-13-26-15-18)22(29)8-4-14-30-20-11-9-19(25)10-12-20/h2-3,5-7,9-13,15H,4,8,14,16H2,1H3.